The Morgan fingerprint density at radius 2 is 1.79 bits per heavy atom. The van der Waals surface area contributed by atoms with Gasteiger partial charge in [0, 0.05) is 36.7 Å². The maximum Gasteiger partial charge on any atom is 0.229 e. The molecule has 1 fully saturated rings. The van der Waals surface area contributed by atoms with Crippen molar-refractivity contribution in [3.8, 4) is 11.1 Å². The average molecular weight is 386 g/mol. The summed E-state index contributed by atoms with van der Waals surface area (Å²) in [5.74, 6) is 0.693. The smallest absolute Gasteiger partial charge is 0.229 e. The molecule has 0 aliphatic carbocycles. The summed E-state index contributed by atoms with van der Waals surface area (Å²) in [5.41, 5.74) is 5.27. The van der Waals surface area contributed by atoms with E-state index in [0.29, 0.717) is 12.5 Å². The number of rotatable bonds is 4. The van der Waals surface area contributed by atoms with E-state index in [1.807, 2.05) is 61.8 Å². The van der Waals surface area contributed by atoms with Crippen molar-refractivity contribution in [1.82, 2.24) is 9.97 Å². The van der Waals surface area contributed by atoms with Crippen LogP contribution < -0.4 is 10.2 Å². The van der Waals surface area contributed by atoms with Crippen LogP contribution in [-0.4, -0.2) is 29.0 Å². The van der Waals surface area contributed by atoms with E-state index >= 15 is 0 Å². The molecule has 148 valence electrons. The Morgan fingerprint density at radius 3 is 2.52 bits per heavy atom. The number of nitrogens with zero attached hydrogens (tertiary/aromatic N) is 3. The summed E-state index contributed by atoms with van der Waals surface area (Å²) in [5, 5.41) is 3.10. The Hall–Kier alpha value is -3.21. The molecule has 0 radical (unpaired) electrons. The number of carbonyl (C=O) groups excluding carboxylic acids is 1. The Balaban J connectivity index is 1.43. The summed E-state index contributed by atoms with van der Waals surface area (Å²) in [6, 6.07) is 16.2. The lowest BCUT2D eigenvalue weighted by Gasteiger charge is -2.32. The zero-order valence-electron chi connectivity index (χ0n) is 16.9. The highest BCUT2D eigenvalue weighted by Crippen LogP contribution is 2.24. The van der Waals surface area contributed by atoms with Gasteiger partial charge in [-0.05, 0) is 43.9 Å². The largest absolute Gasteiger partial charge is 0.340 e. The topological polar surface area (TPSA) is 58.1 Å². The van der Waals surface area contributed by atoms with Crippen molar-refractivity contribution in [2.24, 2.45) is 5.92 Å². The maximum atomic E-state index is 12.8. The van der Waals surface area contributed by atoms with Crippen molar-refractivity contribution in [3.63, 3.8) is 0 Å². The standard InChI is InChI=1S/C24H26N4O/c1-17-10-11-22(18(2)13-17)27-23(29)20-9-6-12-28(16-20)24-25-14-21(15-26-24)19-7-4-3-5-8-19/h3-5,7-8,10-11,13-15,20H,6,9,12,16H2,1-2H3,(H,27,29)/t20-/m1/s1. The molecule has 3 aromatic rings. The van der Waals surface area contributed by atoms with Gasteiger partial charge in [-0.15, -0.1) is 0 Å². The second kappa shape index (κ2) is 8.43. The number of carbonyl (C=O) groups is 1. The van der Waals surface area contributed by atoms with Gasteiger partial charge in [-0.3, -0.25) is 4.79 Å². The fourth-order valence-electron chi connectivity index (χ4n) is 3.83. The van der Waals surface area contributed by atoms with Crippen LogP contribution in [0.2, 0.25) is 0 Å². The summed E-state index contributed by atoms with van der Waals surface area (Å²) in [4.78, 5) is 24.1. The van der Waals surface area contributed by atoms with Crippen LogP contribution >= 0.6 is 0 Å². The normalized spacial score (nSPS) is 16.5. The number of nitrogens with one attached hydrogen (secondary N) is 1. The van der Waals surface area contributed by atoms with Crippen molar-refractivity contribution in [2.45, 2.75) is 26.7 Å². The summed E-state index contributed by atoms with van der Waals surface area (Å²) in [6.07, 6.45) is 5.55. The molecule has 2 aromatic carbocycles. The molecule has 1 aromatic heterocycles. The van der Waals surface area contributed by atoms with E-state index < -0.39 is 0 Å². The van der Waals surface area contributed by atoms with Crippen LogP contribution in [0.4, 0.5) is 11.6 Å². The highest BCUT2D eigenvalue weighted by Gasteiger charge is 2.27. The molecule has 29 heavy (non-hydrogen) atoms. The van der Waals surface area contributed by atoms with E-state index in [1.54, 1.807) is 0 Å². The number of hydrogen-bond donors (Lipinski definition) is 1. The molecule has 1 aliphatic rings. The van der Waals surface area contributed by atoms with Crippen molar-refractivity contribution in [1.29, 1.82) is 0 Å². The highest BCUT2D eigenvalue weighted by molar-refractivity contribution is 5.93. The molecule has 1 saturated heterocycles. The van der Waals surface area contributed by atoms with Gasteiger partial charge in [-0.2, -0.15) is 0 Å². The summed E-state index contributed by atoms with van der Waals surface area (Å²) < 4.78 is 0. The minimum absolute atomic E-state index is 0.0677. The molecule has 1 N–H and O–H groups in total. The SMILES string of the molecule is Cc1ccc(NC(=O)[C@@H]2CCCN(c3ncc(-c4ccccc4)cn3)C2)c(C)c1. The molecular weight excluding hydrogens is 360 g/mol. The second-order valence-corrected chi connectivity index (χ2v) is 7.73. The zero-order valence-corrected chi connectivity index (χ0v) is 16.9. The first-order valence-electron chi connectivity index (χ1n) is 10.1. The molecule has 0 bridgehead atoms. The maximum absolute atomic E-state index is 12.8. The van der Waals surface area contributed by atoms with E-state index in [9.17, 15) is 4.79 Å². The highest BCUT2D eigenvalue weighted by atomic mass is 16.1. The molecule has 1 atom stereocenters. The zero-order chi connectivity index (χ0) is 20.2. The molecular formula is C24H26N4O. The number of aryl methyl sites for hydroxylation is 2. The minimum Gasteiger partial charge on any atom is -0.340 e. The molecule has 0 saturated carbocycles. The third-order valence-electron chi connectivity index (χ3n) is 5.46. The Labute approximate surface area is 171 Å². The van der Waals surface area contributed by atoms with Gasteiger partial charge < -0.3 is 10.2 Å². The minimum atomic E-state index is -0.0677. The van der Waals surface area contributed by atoms with Gasteiger partial charge in [0.15, 0.2) is 0 Å². The van der Waals surface area contributed by atoms with Gasteiger partial charge in [0.1, 0.15) is 0 Å². The monoisotopic (exact) mass is 386 g/mol. The summed E-state index contributed by atoms with van der Waals surface area (Å²) in [6.45, 7) is 5.60. The first-order chi connectivity index (χ1) is 14.1. The van der Waals surface area contributed by atoms with Gasteiger partial charge in [-0.25, -0.2) is 9.97 Å². The first-order valence-corrected chi connectivity index (χ1v) is 10.1. The van der Waals surface area contributed by atoms with E-state index in [1.165, 1.54) is 5.56 Å². The molecule has 1 amide bonds. The summed E-state index contributed by atoms with van der Waals surface area (Å²) >= 11 is 0. The average Bonchev–Trinajstić information content (AvgIpc) is 2.76. The van der Waals surface area contributed by atoms with Crippen molar-refractivity contribution >= 4 is 17.5 Å². The number of benzene rings is 2. The van der Waals surface area contributed by atoms with Crippen LogP contribution in [0.1, 0.15) is 24.0 Å². The third kappa shape index (κ3) is 4.45. The van der Waals surface area contributed by atoms with Crippen LogP contribution in [0.25, 0.3) is 11.1 Å². The van der Waals surface area contributed by atoms with Crippen LogP contribution in [0.15, 0.2) is 60.9 Å². The number of piperidine rings is 1. The van der Waals surface area contributed by atoms with Crippen LogP contribution in [-0.2, 0) is 4.79 Å². The number of anilines is 2. The van der Waals surface area contributed by atoms with Gasteiger partial charge in [0.25, 0.3) is 0 Å². The fraction of sp³-hybridized carbons (Fsp3) is 0.292. The predicted octanol–water partition coefficient (Wildman–Crippen LogP) is 4.62. The Bertz CT molecular complexity index is 986. The number of hydrogen-bond acceptors (Lipinski definition) is 4. The summed E-state index contributed by atoms with van der Waals surface area (Å²) in [7, 11) is 0. The lowest BCUT2D eigenvalue weighted by molar-refractivity contribution is -0.120. The van der Waals surface area contributed by atoms with E-state index in [-0.39, 0.29) is 11.8 Å². The molecule has 0 unspecified atom stereocenters. The first kappa shape index (κ1) is 19.1. The molecule has 0 spiro atoms. The van der Waals surface area contributed by atoms with Crippen LogP contribution in [0.3, 0.4) is 0 Å². The van der Waals surface area contributed by atoms with Gasteiger partial charge >= 0.3 is 0 Å². The number of amides is 1. The van der Waals surface area contributed by atoms with E-state index in [4.69, 9.17) is 0 Å². The van der Waals surface area contributed by atoms with Gasteiger partial charge in [0.05, 0.1) is 5.92 Å². The lowest BCUT2D eigenvalue weighted by Crippen LogP contribution is -2.41. The molecule has 5 nitrogen and oxygen atoms in total. The number of aromatic nitrogens is 2. The Kier molecular flexibility index (Phi) is 5.56. The van der Waals surface area contributed by atoms with Crippen molar-refractivity contribution in [2.75, 3.05) is 23.3 Å². The Morgan fingerprint density at radius 1 is 1.03 bits per heavy atom. The van der Waals surface area contributed by atoms with Gasteiger partial charge in [0.2, 0.25) is 11.9 Å². The lowest BCUT2D eigenvalue weighted by atomic mass is 9.97. The predicted molar refractivity (Wildman–Crippen MR) is 117 cm³/mol. The van der Waals surface area contributed by atoms with Crippen LogP contribution in [0, 0.1) is 19.8 Å². The third-order valence-corrected chi connectivity index (χ3v) is 5.46. The van der Waals surface area contributed by atoms with E-state index in [2.05, 4.69) is 33.2 Å². The molecule has 1 aliphatic heterocycles. The van der Waals surface area contributed by atoms with Crippen molar-refractivity contribution < 1.29 is 4.79 Å². The van der Waals surface area contributed by atoms with Gasteiger partial charge in [-0.1, -0.05) is 48.0 Å². The molecule has 5 heteroatoms. The van der Waals surface area contributed by atoms with Crippen molar-refractivity contribution in [3.05, 3.63) is 72.1 Å². The van der Waals surface area contributed by atoms with Crippen LogP contribution in [0.5, 0.6) is 0 Å². The van der Waals surface area contributed by atoms with E-state index in [0.717, 1.165) is 41.8 Å². The quantitative estimate of drug-likeness (QED) is 0.711. The fourth-order valence-corrected chi connectivity index (χ4v) is 3.83. The second-order valence-electron chi connectivity index (χ2n) is 7.73. The molecule has 2 heterocycles. The molecule has 4 rings (SSSR count).